The molecule has 4 atom stereocenters. The van der Waals surface area contributed by atoms with Crippen molar-refractivity contribution < 1.29 is 4.74 Å². The Balaban J connectivity index is 2.03. The van der Waals surface area contributed by atoms with E-state index in [1.54, 1.807) is 0 Å². The number of hydrogen-bond acceptors (Lipinski definition) is 3. The van der Waals surface area contributed by atoms with E-state index in [2.05, 4.69) is 32.6 Å². The van der Waals surface area contributed by atoms with Crippen molar-refractivity contribution in [3.05, 3.63) is 0 Å². The molecule has 0 bridgehead atoms. The van der Waals surface area contributed by atoms with Gasteiger partial charge in [-0.3, -0.25) is 4.90 Å². The van der Waals surface area contributed by atoms with E-state index in [-0.39, 0.29) is 0 Å². The smallest absolute Gasteiger partial charge is 0.0702 e. The molecular formula is C18H36N2O. The first kappa shape index (κ1) is 17.2. The van der Waals surface area contributed by atoms with Gasteiger partial charge in [-0.2, -0.15) is 0 Å². The maximum atomic E-state index is 6.09. The van der Waals surface area contributed by atoms with Gasteiger partial charge in [0.1, 0.15) is 0 Å². The highest BCUT2D eigenvalue weighted by Crippen LogP contribution is 2.41. The first-order valence-corrected chi connectivity index (χ1v) is 9.01. The Bertz CT molecular complexity index is 307. The summed E-state index contributed by atoms with van der Waals surface area (Å²) in [6, 6.07) is 0.655. The molecule has 0 amide bonds. The van der Waals surface area contributed by atoms with E-state index in [1.165, 1.54) is 32.1 Å². The fourth-order valence-corrected chi connectivity index (χ4v) is 4.27. The third-order valence-electron chi connectivity index (χ3n) is 5.82. The van der Waals surface area contributed by atoms with Gasteiger partial charge in [0, 0.05) is 19.2 Å². The number of nitrogens with zero attached hydrogens (tertiary/aromatic N) is 1. The molecule has 2 aliphatic rings. The Kier molecular flexibility index (Phi) is 6.10. The lowest BCUT2D eigenvalue weighted by Gasteiger charge is -2.46. The van der Waals surface area contributed by atoms with Crippen molar-refractivity contribution in [1.29, 1.82) is 0 Å². The zero-order valence-electron chi connectivity index (χ0n) is 14.6. The molecule has 0 aromatic rings. The maximum Gasteiger partial charge on any atom is 0.0702 e. The largest absolute Gasteiger partial charge is 0.377 e. The molecule has 4 unspecified atom stereocenters. The predicted molar refractivity (Wildman–Crippen MR) is 89.3 cm³/mol. The van der Waals surface area contributed by atoms with Crippen molar-refractivity contribution in [2.45, 2.75) is 71.9 Å². The lowest BCUT2D eigenvalue weighted by molar-refractivity contribution is 0.0107. The Hall–Kier alpha value is -0.120. The molecule has 0 aromatic heterocycles. The van der Waals surface area contributed by atoms with Crippen LogP contribution in [0.25, 0.3) is 0 Å². The van der Waals surface area contributed by atoms with Crippen LogP contribution in [0.5, 0.6) is 0 Å². The molecule has 0 aromatic carbocycles. The van der Waals surface area contributed by atoms with Gasteiger partial charge >= 0.3 is 0 Å². The first-order chi connectivity index (χ1) is 9.95. The molecule has 2 rings (SSSR count). The molecule has 1 saturated heterocycles. The zero-order chi connectivity index (χ0) is 15.5. The van der Waals surface area contributed by atoms with Crippen LogP contribution in [-0.4, -0.2) is 43.3 Å². The van der Waals surface area contributed by atoms with E-state index in [0.29, 0.717) is 23.5 Å². The summed E-state index contributed by atoms with van der Waals surface area (Å²) < 4.78 is 5.87. The highest BCUT2D eigenvalue weighted by molar-refractivity contribution is 4.91. The highest BCUT2D eigenvalue weighted by Gasteiger charge is 2.38. The van der Waals surface area contributed by atoms with Crippen LogP contribution in [0, 0.1) is 17.3 Å². The van der Waals surface area contributed by atoms with Gasteiger partial charge in [0.25, 0.3) is 0 Å². The third-order valence-corrected chi connectivity index (χ3v) is 5.82. The van der Waals surface area contributed by atoms with E-state index < -0.39 is 0 Å². The van der Waals surface area contributed by atoms with Crippen LogP contribution in [0.1, 0.15) is 59.8 Å². The van der Waals surface area contributed by atoms with Gasteiger partial charge in [-0.15, -0.1) is 0 Å². The fourth-order valence-electron chi connectivity index (χ4n) is 4.27. The SMILES string of the molecule is CCN(CC1CCCO1)C1CC(C(C)(C)C)CCC1CN. The van der Waals surface area contributed by atoms with Gasteiger partial charge in [0.15, 0.2) is 0 Å². The van der Waals surface area contributed by atoms with Crippen LogP contribution in [-0.2, 0) is 4.74 Å². The Labute approximate surface area is 131 Å². The molecule has 3 nitrogen and oxygen atoms in total. The van der Waals surface area contributed by atoms with Crippen molar-refractivity contribution in [1.82, 2.24) is 4.90 Å². The third kappa shape index (κ3) is 4.43. The van der Waals surface area contributed by atoms with Crippen LogP contribution in [0.2, 0.25) is 0 Å². The number of hydrogen-bond donors (Lipinski definition) is 1. The lowest BCUT2D eigenvalue weighted by atomic mass is 9.67. The van der Waals surface area contributed by atoms with Crippen molar-refractivity contribution in [2.75, 3.05) is 26.2 Å². The number of likely N-dealkylation sites (N-methyl/N-ethyl adjacent to an activating group) is 1. The maximum absolute atomic E-state index is 6.09. The molecule has 0 radical (unpaired) electrons. The topological polar surface area (TPSA) is 38.5 Å². The van der Waals surface area contributed by atoms with Crippen LogP contribution in [0.4, 0.5) is 0 Å². The van der Waals surface area contributed by atoms with Crippen molar-refractivity contribution in [3.8, 4) is 0 Å². The van der Waals surface area contributed by atoms with Crippen LogP contribution < -0.4 is 5.73 Å². The van der Waals surface area contributed by atoms with Gasteiger partial charge in [-0.25, -0.2) is 0 Å². The first-order valence-electron chi connectivity index (χ1n) is 9.01. The average Bonchev–Trinajstić information content (AvgIpc) is 2.96. The van der Waals surface area contributed by atoms with E-state index in [1.807, 2.05) is 0 Å². The van der Waals surface area contributed by atoms with Gasteiger partial charge < -0.3 is 10.5 Å². The Morgan fingerprint density at radius 3 is 2.48 bits per heavy atom. The van der Waals surface area contributed by atoms with E-state index in [0.717, 1.165) is 32.2 Å². The lowest BCUT2D eigenvalue weighted by Crippen LogP contribution is -2.50. The standard InChI is InChI=1S/C18H36N2O/c1-5-20(13-16-7-6-10-21-16)17-11-15(18(2,3)4)9-8-14(17)12-19/h14-17H,5-13,19H2,1-4H3. The van der Waals surface area contributed by atoms with Crippen LogP contribution >= 0.6 is 0 Å². The molecular weight excluding hydrogens is 260 g/mol. The number of nitrogens with two attached hydrogens (primary N) is 1. The second-order valence-electron chi connectivity index (χ2n) is 8.16. The van der Waals surface area contributed by atoms with Gasteiger partial charge in [0.2, 0.25) is 0 Å². The van der Waals surface area contributed by atoms with Gasteiger partial charge in [0.05, 0.1) is 6.10 Å². The number of ether oxygens (including phenoxy) is 1. The average molecular weight is 296 g/mol. The zero-order valence-corrected chi connectivity index (χ0v) is 14.6. The summed E-state index contributed by atoms with van der Waals surface area (Å²) in [5.74, 6) is 1.49. The van der Waals surface area contributed by atoms with Crippen LogP contribution in [0.15, 0.2) is 0 Å². The number of rotatable bonds is 5. The molecule has 1 aliphatic heterocycles. The minimum atomic E-state index is 0.418. The van der Waals surface area contributed by atoms with E-state index in [4.69, 9.17) is 10.5 Å². The summed E-state index contributed by atoms with van der Waals surface area (Å²) in [6.45, 7) is 13.5. The second-order valence-corrected chi connectivity index (χ2v) is 8.16. The summed E-state index contributed by atoms with van der Waals surface area (Å²) in [6.07, 6.45) is 6.88. The Morgan fingerprint density at radius 2 is 1.95 bits per heavy atom. The molecule has 21 heavy (non-hydrogen) atoms. The van der Waals surface area contributed by atoms with Crippen molar-refractivity contribution >= 4 is 0 Å². The van der Waals surface area contributed by atoms with E-state index >= 15 is 0 Å². The summed E-state index contributed by atoms with van der Waals surface area (Å²) in [7, 11) is 0. The fraction of sp³-hybridized carbons (Fsp3) is 1.00. The van der Waals surface area contributed by atoms with E-state index in [9.17, 15) is 0 Å². The molecule has 1 saturated carbocycles. The van der Waals surface area contributed by atoms with Gasteiger partial charge in [-0.05, 0) is 62.4 Å². The molecule has 1 heterocycles. The van der Waals surface area contributed by atoms with Gasteiger partial charge in [-0.1, -0.05) is 27.7 Å². The van der Waals surface area contributed by atoms with Crippen molar-refractivity contribution in [2.24, 2.45) is 23.0 Å². The molecule has 2 fully saturated rings. The minimum absolute atomic E-state index is 0.418. The van der Waals surface area contributed by atoms with Crippen LogP contribution in [0.3, 0.4) is 0 Å². The summed E-state index contributed by atoms with van der Waals surface area (Å²) in [5.41, 5.74) is 6.51. The molecule has 124 valence electrons. The highest BCUT2D eigenvalue weighted by atomic mass is 16.5. The minimum Gasteiger partial charge on any atom is -0.377 e. The quantitative estimate of drug-likeness (QED) is 0.846. The monoisotopic (exact) mass is 296 g/mol. The van der Waals surface area contributed by atoms with Crippen molar-refractivity contribution in [3.63, 3.8) is 0 Å². The molecule has 3 heteroatoms. The summed E-state index contributed by atoms with van der Waals surface area (Å²) in [5, 5.41) is 0. The normalized spacial score (nSPS) is 34.6. The molecule has 2 N–H and O–H groups in total. The molecule has 1 aliphatic carbocycles. The second kappa shape index (κ2) is 7.43. The molecule has 0 spiro atoms. The summed E-state index contributed by atoms with van der Waals surface area (Å²) in [4.78, 5) is 2.67. The summed E-state index contributed by atoms with van der Waals surface area (Å²) >= 11 is 0. The Morgan fingerprint density at radius 1 is 1.19 bits per heavy atom. The predicted octanol–water partition coefficient (Wildman–Crippen LogP) is 3.28.